The van der Waals surface area contributed by atoms with Crippen molar-refractivity contribution in [1.29, 1.82) is 5.41 Å². The molecule has 0 radical (unpaired) electrons. The van der Waals surface area contributed by atoms with E-state index in [-0.39, 0.29) is 64.4 Å². The molecule has 0 saturated heterocycles. The lowest BCUT2D eigenvalue weighted by atomic mass is 10.2. The Morgan fingerprint density at radius 2 is 1.25 bits per heavy atom. The number of halogens is 2. The van der Waals surface area contributed by atoms with E-state index in [4.69, 9.17) is 11.1 Å². The molecule has 4 aromatic heterocycles. The van der Waals surface area contributed by atoms with Gasteiger partial charge in [0.2, 0.25) is 0 Å². The molecule has 5 rings (SSSR count). The lowest BCUT2D eigenvalue weighted by Crippen LogP contribution is -2.28. The smallest absolute Gasteiger partial charge is 0.272 e. The van der Waals surface area contributed by atoms with Crippen molar-refractivity contribution in [2.75, 3.05) is 27.8 Å². The number of amidine groups is 1. The Labute approximate surface area is 305 Å². The van der Waals surface area contributed by atoms with Gasteiger partial charge >= 0.3 is 0 Å². The number of H-pyrrole nitrogens is 4. The zero-order valence-electron chi connectivity index (χ0n) is 27.6. The van der Waals surface area contributed by atoms with Crippen molar-refractivity contribution in [2.45, 2.75) is 27.2 Å². The van der Waals surface area contributed by atoms with Gasteiger partial charge < -0.3 is 52.3 Å². The highest BCUT2D eigenvalue weighted by Crippen LogP contribution is 2.26. The number of carbonyl (C=O) groups excluding carboxylic acids is 5. The molecular formula is C33H35BrClN11O5. The van der Waals surface area contributed by atoms with E-state index < -0.39 is 23.6 Å². The minimum absolute atomic E-state index is 0. The van der Waals surface area contributed by atoms with E-state index in [0.717, 1.165) is 0 Å². The second-order valence-electron chi connectivity index (χ2n) is 11.3. The summed E-state index contributed by atoms with van der Waals surface area (Å²) >= 11 is 3.04. The fourth-order valence-electron chi connectivity index (χ4n) is 5.07. The van der Waals surface area contributed by atoms with Crippen LogP contribution in [0, 0.1) is 26.2 Å². The summed E-state index contributed by atoms with van der Waals surface area (Å²) in [7, 11) is 0. The highest BCUT2D eigenvalue weighted by molar-refractivity contribution is 9.12. The summed E-state index contributed by atoms with van der Waals surface area (Å²) in [6.45, 7) is 8.77. The third-order valence-corrected chi connectivity index (χ3v) is 8.25. The summed E-state index contributed by atoms with van der Waals surface area (Å²) in [5.74, 6) is -2.25. The maximum atomic E-state index is 13.2. The molecule has 0 unspecified atom stereocenters. The summed E-state index contributed by atoms with van der Waals surface area (Å²) in [6.07, 6.45) is 4.71. The van der Waals surface area contributed by atoms with Crippen LogP contribution in [-0.4, -0.2) is 61.9 Å². The summed E-state index contributed by atoms with van der Waals surface area (Å²) in [4.78, 5) is 75.5. The van der Waals surface area contributed by atoms with E-state index in [1.807, 2.05) is 0 Å². The number of nitrogens with two attached hydrogens (primary N) is 1. The fraction of sp³-hybridized carbons (Fsp3) is 0.152. The topological polar surface area (TPSA) is 259 Å². The van der Waals surface area contributed by atoms with Crippen molar-refractivity contribution in [1.82, 2.24) is 25.3 Å². The first-order valence-corrected chi connectivity index (χ1v) is 15.9. The van der Waals surface area contributed by atoms with Gasteiger partial charge in [0.15, 0.2) is 0 Å². The highest BCUT2D eigenvalue weighted by Gasteiger charge is 2.22. The minimum atomic E-state index is -0.495. The Kier molecular flexibility index (Phi) is 11.6. The Morgan fingerprint density at radius 3 is 1.75 bits per heavy atom. The standard InChI is InChI=1S/C33H34BrN11O5.ClH/c1-14-23(12-38-26(14)31(48)37-8-7-25(35)36)44-33(50)28-16(3)24(13-40-28)45-32(49)27-15(2)22(11-39-27)43-30(47)21-10-18-9-19(5-6-20(18)42-21)41-29(46)17(4)34;/h5-6,9-13,38-40,42H,4,7-8H2,1-3H3,(H3,35,36)(H,37,48)(H,41,46)(H,43,47)(H,44,50)(H,45,49);1H. The van der Waals surface area contributed by atoms with Gasteiger partial charge in [0.05, 0.1) is 27.4 Å². The van der Waals surface area contributed by atoms with Crippen LogP contribution in [0.3, 0.4) is 0 Å². The van der Waals surface area contributed by atoms with E-state index >= 15 is 0 Å². The lowest BCUT2D eigenvalue weighted by Gasteiger charge is -2.07. The number of fused-ring (bicyclic) bond motifs is 1. The van der Waals surface area contributed by atoms with Crippen molar-refractivity contribution in [2.24, 2.45) is 5.73 Å². The molecule has 0 spiro atoms. The van der Waals surface area contributed by atoms with Crippen LogP contribution >= 0.6 is 28.3 Å². The Balaban J connectivity index is 0.00000583. The van der Waals surface area contributed by atoms with Crippen LogP contribution in [0.15, 0.2) is 53.9 Å². The zero-order chi connectivity index (χ0) is 36.3. The molecule has 16 nitrogen and oxygen atoms in total. The van der Waals surface area contributed by atoms with Crippen LogP contribution in [0.1, 0.15) is 65.1 Å². The average Bonchev–Trinajstić information content (AvgIpc) is 3.83. The molecule has 1 aromatic carbocycles. The monoisotopic (exact) mass is 779 g/mol. The van der Waals surface area contributed by atoms with Crippen LogP contribution < -0.4 is 32.3 Å². The number of amides is 5. The number of hydrogen-bond donors (Lipinski definition) is 11. The van der Waals surface area contributed by atoms with Gasteiger partial charge in [-0.3, -0.25) is 29.4 Å². The van der Waals surface area contributed by atoms with Crippen molar-refractivity contribution in [3.8, 4) is 0 Å². The molecule has 0 aliphatic heterocycles. The molecule has 5 aromatic rings. The molecule has 0 aliphatic carbocycles. The number of carbonyl (C=O) groups is 5. The predicted molar refractivity (Wildman–Crippen MR) is 202 cm³/mol. The number of hydrogen-bond acceptors (Lipinski definition) is 6. The molecule has 0 atom stereocenters. The average molecular weight is 781 g/mol. The van der Waals surface area contributed by atoms with Crippen molar-refractivity contribution in [3.63, 3.8) is 0 Å². The number of anilines is 4. The van der Waals surface area contributed by atoms with Crippen molar-refractivity contribution < 1.29 is 24.0 Å². The molecule has 0 saturated carbocycles. The molecule has 0 aliphatic rings. The SMILES string of the molecule is C=C(Br)C(=O)Nc1ccc2[nH]c(C(=O)Nc3c[nH]c(C(=O)Nc4c[nH]c(C(=O)Nc5c[nH]c(C(=O)NCCC(=N)N)c5C)c4C)c3C)cc2c1.Cl. The van der Waals surface area contributed by atoms with E-state index in [9.17, 15) is 24.0 Å². The van der Waals surface area contributed by atoms with Gasteiger partial charge in [-0.25, -0.2) is 0 Å². The van der Waals surface area contributed by atoms with E-state index in [1.54, 1.807) is 45.0 Å². The van der Waals surface area contributed by atoms with Crippen LogP contribution in [-0.2, 0) is 4.79 Å². The normalized spacial score (nSPS) is 10.6. The van der Waals surface area contributed by atoms with Crippen LogP contribution in [0.2, 0.25) is 0 Å². The molecule has 266 valence electrons. The second kappa shape index (κ2) is 15.6. The van der Waals surface area contributed by atoms with E-state index in [1.165, 1.54) is 18.6 Å². The minimum Gasteiger partial charge on any atom is -0.388 e. The lowest BCUT2D eigenvalue weighted by molar-refractivity contribution is -0.112. The molecule has 18 heteroatoms. The molecule has 5 amide bonds. The molecular weight excluding hydrogens is 746 g/mol. The van der Waals surface area contributed by atoms with Gasteiger partial charge in [-0.05, 0) is 61.0 Å². The third-order valence-electron chi connectivity index (χ3n) is 7.89. The Bertz CT molecular complexity index is 2210. The fourth-order valence-corrected chi connectivity index (χ4v) is 5.17. The summed E-state index contributed by atoms with van der Waals surface area (Å²) in [5.41, 5.74) is 10.1. The van der Waals surface area contributed by atoms with E-state index in [2.05, 4.69) is 69.0 Å². The summed E-state index contributed by atoms with van der Waals surface area (Å²) < 4.78 is 0.184. The quantitative estimate of drug-likeness (QED) is 0.0463. The Morgan fingerprint density at radius 1 is 0.765 bits per heavy atom. The predicted octanol–water partition coefficient (Wildman–Crippen LogP) is 5.16. The van der Waals surface area contributed by atoms with Gasteiger partial charge in [-0.2, -0.15) is 0 Å². The van der Waals surface area contributed by atoms with Gasteiger partial charge in [0.1, 0.15) is 22.8 Å². The largest absolute Gasteiger partial charge is 0.388 e. The summed E-state index contributed by atoms with van der Waals surface area (Å²) in [6, 6.07) is 6.80. The number of benzene rings is 1. The number of aromatic nitrogens is 4. The van der Waals surface area contributed by atoms with Gasteiger partial charge in [-0.15, -0.1) is 12.4 Å². The van der Waals surface area contributed by atoms with Gasteiger partial charge in [0.25, 0.3) is 29.5 Å². The number of nitrogens with one attached hydrogen (secondary N) is 10. The molecule has 51 heavy (non-hydrogen) atoms. The zero-order valence-corrected chi connectivity index (χ0v) is 30.0. The maximum Gasteiger partial charge on any atom is 0.272 e. The molecule has 0 fully saturated rings. The maximum absolute atomic E-state index is 13.2. The summed E-state index contributed by atoms with van der Waals surface area (Å²) in [5, 5.41) is 21.7. The van der Waals surface area contributed by atoms with Crippen molar-refractivity contribution in [3.05, 3.63) is 93.4 Å². The first kappa shape index (κ1) is 37.7. The Hall–Kier alpha value is -6.07. The van der Waals surface area contributed by atoms with Gasteiger partial charge in [0, 0.05) is 64.8 Å². The van der Waals surface area contributed by atoms with Crippen molar-refractivity contribution >= 4 is 97.4 Å². The van der Waals surface area contributed by atoms with E-state index in [0.29, 0.717) is 50.3 Å². The van der Waals surface area contributed by atoms with Gasteiger partial charge in [-0.1, -0.05) is 6.58 Å². The van der Waals surface area contributed by atoms with Crippen LogP contribution in [0.5, 0.6) is 0 Å². The molecule has 4 heterocycles. The highest BCUT2D eigenvalue weighted by atomic mass is 79.9. The van der Waals surface area contributed by atoms with Crippen LogP contribution in [0.4, 0.5) is 22.7 Å². The molecule has 12 N–H and O–H groups in total. The first-order valence-electron chi connectivity index (χ1n) is 15.1. The third kappa shape index (κ3) is 8.39. The van der Waals surface area contributed by atoms with Crippen LogP contribution in [0.25, 0.3) is 10.9 Å². The first-order chi connectivity index (χ1) is 23.7. The number of rotatable bonds is 12. The molecule has 0 bridgehead atoms. The second-order valence-corrected chi connectivity index (χ2v) is 12.3. The number of aromatic amines is 4.